The number of hydrogen-bond acceptors (Lipinski definition) is 3. The topological polar surface area (TPSA) is 67.4 Å². The highest BCUT2D eigenvalue weighted by Crippen LogP contribution is 2.28. The van der Waals surface area contributed by atoms with Gasteiger partial charge < -0.3 is 15.4 Å². The lowest BCUT2D eigenvalue weighted by molar-refractivity contribution is -0.135. The first-order valence-corrected chi connectivity index (χ1v) is 8.21. The zero-order valence-corrected chi connectivity index (χ0v) is 15.5. The summed E-state index contributed by atoms with van der Waals surface area (Å²) in [5.74, 6) is -0.254. The van der Waals surface area contributed by atoms with Crippen molar-refractivity contribution in [1.82, 2.24) is 0 Å². The van der Waals surface area contributed by atoms with E-state index in [1.165, 1.54) is 19.9 Å². The molecule has 0 saturated carbocycles. The first kappa shape index (κ1) is 19.1. The number of anilines is 2. The van der Waals surface area contributed by atoms with Crippen molar-refractivity contribution in [2.45, 2.75) is 13.8 Å². The van der Waals surface area contributed by atoms with Crippen molar-refractivity contribution < 1.29 is 14.3 Å². The minimum Gasteiger partial charge on any atom is -0.497 e. The predicted molar refractivity (Wildman–Crippen MR) is 100 cm³/mol. The normalized spacial score (nSPS) is 10.9. The summed E-state index contributed by atoms with van der Waals surface area (Å²) in [5, 5.41) is 6.12. The Morgan fingerprint density at radius 3 is 2.12 bits per heavy atom. The number of halogens is 2. The first-order valence-electron chi connectivity index (χ1n) is 7.46. The Kier molecular flexibility index (Phi) is 5.93. The second-order valence-corrected chi connectivity index (χ2v) is 6.73. The monoisotopic (exact) mass is 380 g/mol. The number of carbonyl (C=O) groups excluding carboxylic acids is 2. The summed E-state index contributed by atoms with van der Waals surface area (Å²) >= 11 is 11.9. The van der Waals surface area contributed by atoms with Gasteiger partial charge in [0.15, 0.2) is 0 Å². The molecule has 0 fully saturated rings. The highest BCUT2D eigenvalue weighted by molar-refractivity contribution is 6.36. The molecule has 0 bridgehead atoms. The van der Waals surface area contributed by atoms with Gasteiger partial charge in [-0.05, 0) is 56.3 Å². The predicted octanol–water partition coefficient (Wildman–Crippen LogP) is 4.61. The third-order valence-corrected chi connectivity index (χ3v) is 4.21. The van der Waals surface area contributed by atoms with E-state index in [1.54, 1.807) is 43.5 Å². The number of hydrogen-bond donors (Lipinski definition) is 2. The van der Waals surface area contributed by atoms with E-state index < -0.39 is 17.2 Å². The van der Waals surface area contributed by atoms with Crippen LogP contribution in [0, 0.1) is 5.41 Å². The fourth-order valence-corrected chi connectivity index (χ4v) is 2.39. The number of amides is 2. The first-order chi connectivity index (χ1) is 11.7. The average Bonchev–Trinajstić information content (AvgIpc) is 2.57. The Hall–Kier alpha value is -2.24. The van der Waals surface area contributed by atoms with Crippen molar-refractivity contribution in [3.05, 3.63) is 52.5 Å². The molecule has 5 nitrogen and oxygen atoms in total. The molecule has 7 heteroatoms. The molecule has 0 unspecified atom stereocenters. The molecule has 2 rings (SSSR count). The van der Waals surface area contributed by atoms with E-state index in [-0.39, 0.29) is 0 Å². The number of methoxy groups -OCH3 is 1. The molecular formula is C18H18Cl2N2O3. The van der Waals surface area contributed by atoms with Crippen molar-refractivity contribution in [1.29, 1.82) is 0 Å². The fourth-order valence-electron chi connectivity index (χ4n) is 1.93. The van der Waals surface area contributed by atoms with Crippen LogP contribution >= 0.6 is 23.2 Å². The molecule has 2 aromatic rings. The Bertz CT molecular complexity index is 789. The fraction of sp³-hybridized carbons (Fsp3) is 0.222. The van der Waals surface area contributed by atoms with E-state index in [2.05, 4.69) is 10.6 Å². The summed E-state index contributed by atoms with van der Waals surface area (Å²) in [6.07, 6.45) is 0. The molecule has 132 valence electrons. The van der Waals surface area contributed by atoms with Gasteiger partial charge in [0.1, 0.15) is 11.2 Å². The molecule has 2 amide bonds. The van der Waals surface area contributed by atoms with Crippen LogP contribution in [0.4, 0.5) is 11.4 Å². The van der Waals surface area contributed by atoms with Crippen molar-refractivity contribution in [3.63, 3.8) is 0 Å². The van der Waals surface area contributed by atoms with Gasteiger partial charge in [0.2, 0.25) is 11.8 Å². The number of benzene rings is 2. The lowest BCUT2D eigenvalue weighted by Gasteiger charge is -2.23. The number of ether oxygens (including phenoxy) is 1. The van der Waals surface area contributed by atoms with E-state index in [9.17, 15) is 9.59 Å². The lowest BCUT2D eigenvalue weighted by Crippen LogP contribution is -2.41. The molecule has 0 spiro atoms. The van der Waals surface area contributed by atoms with E-state index in [1.807, 2.05) is 0 Å². The Morgan fingerprint density at radius 1 is 0.960 bits per heavy atom. The van der Waals surface area contributed by atoms with Gasteiger partial charge in [0, 0.05) is 10.7 Å². The van der Waals surface area contributed by atoms with E-state index in [0.29, 0.717) is 27.2 Å². The molecule has 0 aromatic heterocycles. The van der Waals surface area contributed by atoms with Gasteiger partial charge in [0.05, 0.1) is 17.8 Å². The second-order valence-electron chi connectivity index (χ2n) is 5.89. The molecule has 0 aliphatic heterocycles. The van der Waals surface area contributed by atoms with Crippen molar-refractivity contribution in [2.75, 3.05) is 17.7 Å². The van der Waals surface area contributed by atoms with Crippen LogP contribution < -0.4 is 15.4 Å². The molecule has 0 aliphatic carbocycles. The molecule has 0 saturated heterocycles. The standard InChI is InChI=1S/C18H18Cl2N2O3/c1-18(2,16(23)21-12-5-7-13(25-3)8-6-12)17(24)22-15-9-4-11(19)10-14(15)20/h4-10H,1-3H3,(H,21,23)(H,22,24). The molecule has 0 radical (unpaired) electrons. The largest absolute Gasteiger partial charge is 0.497 e. The van der Waals surface area contributed by atoms with Crippen LogP contribution in [0.5, 0.6) is 5.75 Å². The highest BCUT2D eigenvalue weighted by Gasteiger charge is 2.36. The summed E-state index contributed by atoms with van der Waals surface area (Å²) in [7, 11) is 1.56. The van der Waals surface area contributed by atoms with Gasteiger partial charge in [-0.25, -0.2) is 0 Å². The SMILES string of the molecule is COc1ccc(NC(=O)C(C)(C)C(=O)Nc2ccc(Cl)cc2Cl)cc1. The zero-order chi connectivity index (χ0) is 18.6. The van der Waals surface area contributed by atoms with Gasteiger partial charge in [-0.15, -0.1) is 0 Å². The van der Waals surface area contributed by atoms with E-state index >= 15 is 0 Å². The summed E-state index contributed by atoms with van der Waals surface area (Å²) in [4.78, 5) is 25.0. The van der Waals surface area contributed by atoms with Gasteiger partial charge in [0.25, 0.3) is 0 Å². The third kappa shape index (κ3) is 4.65. The number of carbonyl (C=O) groups is 2. The maximum atomic E-state index is 12.5. The van der Waals surface area contributed by atoms with Crippen molar-refractivity contribution >= 4 is 46.4 Å². The van der Waals surface area contributed by atoms with Crippen LogP contribution in [0.2, 0.25) is 10.0 Å². The summed E-state index contributed by atoms with van der Waals surface area (Å²) in [5.41, 5.74) is -0.360. The smallest absolute Gasteiger partial charge is 0.239 e. The third-order valence-electron chi connectivity index (χ3n) is 3.66. The average molecular weight is 381 g/mol. The van der Waals surface area contributed by atoms with Crippen molar-refractivity contribution in [3.8, 4) is 5.75 Å². The maximum Gasteiger partial charge on any atom is 0.239 e. The highest BCUT2D eigenvalue weighted by atomic mass is 35.5. The number of nitrogens with one attached hydrogen (secondary N) is 2. The minimum absolute atomic E-state index is 0.298. The van der Waals surface area contributed by atoms with Gasteiger partial charge >= 0.3 is 0 Å². The Morgan fingerprint density at radius 2 is 1.56 bits per heavy atom. The van der Waals surface area contributed by atoms with E-state index in [4.69, 9.17) is 27.9 Å². The van der Waals surface area contributed by atoms with Crippen LogP contribution in [0.1, 0.15) is 13.8 Å². The second kappa shape index (κ2) is 7.76. The molecular weight excluding hydrogens is 363 g/mol. The van der Waals surface area contributed by atoms with Crippen LogP contribution in [0.3, 0.4) is 0 Å². The zero-order valence-electron chi connectivity index (χ0n) is 14.0. The molecule has 2 N–H and O–H groups in total. The van der Waals surface area contributed by atoms with Crippen LogP contribution in [0.15, 0.2) is 42.5 Å². The summed E-state index contributed by atoms with van der Waals surface area (Å²) < 4.78 is 5.07. The number of rotatable bonds is 5. The maximum absolute atomic E-state index is 12.5. The van der Waals surface area contributed by atoms with Crippen LogP contribution in [-0.2, 0) is 9.59 Å². The van der Waals surface area contributed by atoms with Crippen LogP contribution in [0.25, 0.3) is 0 Å². The Balaban J connectivity index is 2.09. The van der Waals surface area contributed by atoms with Gasteiger partial charge in [-0.2, -0.15) is 0 Å². The van der Waals surface area contributed by atoms with Gasteiger partial charge in [-0.1, -0.05) is 23.2 Å². The molecule has 0 aliphatic rings. The molecule has 25 heavy (non-hydrogen) atoms. The summed E-state index contributed by atoms with van der Waals surface area (Å²) in [6, 6.07) is 11.5. The van der Waals surface area contributed by atoms with Gasteiger partial charge in [-0.3, -0.25) is 9.59 Å². The van der Waals surface area contributed by atoms with E-state index in [0.717, 1.165) is 0 Å². The van der Waals surface area contributed by atoms with Crippen molar-refractivity contribution in [2.24, 2.45) is 5.41 Å². The molecule has 2 aromatic carbocycles. The molecule has 0 heterocycles. The molecule has 0 atom stereocenters. The lowest BCUT2D eigenvalue weighted by atomic mass is 9.90. The summed E-state index contributed by atoms with van der Waals surface area (Å²) in [6.45, 7) is 3.07. The van der Waals surface area contributed by atoms with Crippen LogP contribution in [-0.4, -0.2) is 18.9 Å². The minimum atomic E-state index is -1.32. The Labute approximate surface area is 156 Å². The quantitative estimate of drug-likeness (QED) is 0.744.